The monoisotopic (exact) mass is 641 g/mol. The fraction of sp³-hybridized carbons (Fsp3) is 0.269. The van der Waals surface area contributed by atoms with Crippen molar-refractivity contribution in [3.8, 4) is 0 Å². The Morgan fingerprint density at radius 1 is 1.02 bits per heavy atom. The van der Waals surface area contributed by atoms with Gasteiger partial charge < -0.3 is 16.0 Å². The molecule has 14 heteroatoms. The third-order valence-electron chi connectivity index (χ3n) is 5.67. The largest absolute Gasteiger partial charge is 0.326 e. The Morgan fingerprint density at radius 3 is 2.17 bits per heavy atom. The summed E-state index contributed by atoms with van der Waals surface area (Å²) in [5.74, 6) is -7.86. The lowest BCUT2D eigenvalue weighted by Crippen LogP contribution is -2.26. The quantitative estimate of drug-likeness (QED) is 0.108. The van der Waals surface area contributed by atoms with Crippen molar-refractivity contribution in [2.24, 2.45) is 11.8 Å². The Bertz CT molecular complexity index is 1360. The van der Waals surface area contributed by atoms with E-state index in [0.29, 0.717) is 16.7 Å². The summed E-state index contributed by atoms with van der Waals surface area (Å²) in [7, 11) is 0. The van der Waals surface area contributed by atoms with Crippen LogP contribution in [0.15, 0.2) is 69.9 Å². The lowest BCUT2D eigenvalue weighted by atomic mass is 10.1. The zero-order valence-electron chi connectivity index (χ0n) is 21.2. The molecule has 0 aromatic heterocycles. The molecule has 0 saturated heterocycles. The van der Waals surface area contributed by atoms with Gasteiger partial charge >= 0.3 is 6.43 Å². The second kappa shape index (κ2) is 13.7. The summed E-state index contributed by atoms with van der Waals surface area (Å²) in [5, 5.41) is 6.20. The van der Waals surface area contributed by atoms with Crippen molar-refractivity contribution in [2.45, 2.75) is 31.5 Å². The third-order valence-corrected chi connectivity index (χ3v) is 7.14. The first-order valence-electron chi connectivity index (χ1n) is 11.4. The number of carbonyl (C=O) groups is 3. The third kappa shape index (κ3) is 7.90. The number of hydrogen-bond acceptors (Lipinski definition) is 3. The maximum absolute atomic E-state index is 14.8. The molecular weight excluding hydrogens is 620 g/mol. The minimum atomic E-state index is -3.54. The van der Waals surface area contributed by atoms with Crippen LogP contribution in [0.3, 0.4) is 0 Å². The standard InChI is InChI=1S/C26H23Cl4F4N3O3/c1-5-13(28)9-11(3)18-19(26(18,29)30)24(39)35-14(6-2)10-15(12(4)27)23(38)36-17-8-7-16(31)21(20(17)32)37-25(40)22(33)34/h5-10,18-19,22H,4H2,1-3H3,(H,35,39)(H,36,38)(H,37,40)/b11-9+,13-5+,14-6+,15-10+. The zero-order valence-corrected chi connectivity index (χ0v) is 24.2. The first-order valence-corrected chi connectivity index (χ1v) is 12.9. The molecule has 1 fully saturated rings. The topological polar surface area (TPSA) is 87.3 Å². The SMILES string of the molecule is C=C(Cl)/C(=C\C(=C/C)NC(=O)C1C(/C(C)=C/C(Cl)=C\C)C1(Cl)Cl)C(=O)Nc1ccc(F)c(NC(=O)C(F)F)c1F. The van der Waals surface area contributed by atoms with E-state index in [1.165, 1.54) is 18.3 Å². The Balaban J connectivity index is 2.28. The highest BCUT2D eigenvalue weighted by Gasteiger charge is 2.67. The van der Waals surface area contributed by atoms with Crippen LogP contribution in [0.4, 0.5) is 28.9 Å². The first-order chi connectivity index (χ1) is 18.6. The van der Waals surface area contributed by atoms with Crippen molar-refractivity contribution in [3.63, 3.8) is 0 Å². The maximum Gasteiger partial charge on any atom is 0.315 e. The van der Waals surface area contributed by atoms with Crippen LogP contribution in [-0.2, 0) is 14.4 Å². The fourth-order valence-electron chi connectivity index (χ4n) is 3.58. The molecule has 1 aromatic carbocycles. The van der Waals surface area contributed by atoms with Crippen molar-refractivity contribution in [3.05, 3.63) is 81.6 Å². The number of anilines is 2. The molecule has 216 valence electrons. The molecule has 0 radical (unpaired) electrons. The van der Waals surface area contributed by atoms with Gasteiger partial charge in [0.15, 0.2) is 5.82 Å². The number of carbonyl (C=O) groups excluding carboxylic acids is 3. The number of benzene rings is 1. The minimum Gasteiger partial charge on any atom is -0.326 e. The van der Waals surface area contributed by atoms with Crippen LogP contribution in [0.5, 0.6) is 0 Å². The van der Waals surface area contributed by atoms with Gasteiger partial charge in [-0.05, 0) is 45.1 Å². The van der Waals surface area contributed by atoms with Gasteiger partial charge in [-0.1, -0.05) is 47.5 Å². The van der Waals surface area contributed by atoms with Crippen LogP contribution in [-0.4, -0.2) is 28.5 Å². The summed E-state index contributed by atoms with van der Waals surface area (Å²) >= 11 is 24.7. The van der Waals surface area contributed by atoms with Crippen LogP contribution >= 0.6 is 46.4 Å². The Morgan fingerprint density at radius 2 is 1.65 bits per heavy atom. The fourth-order valence-corrected chi connectivity index (χ4v) is 4.81. The van der Waals surface area contributed by atoms with Gasteiger partial charge in [-0.25, -0.2) is 8.78 Å². The molecule has 0 spiro atoms. The van der Waals surface area contributed by atoms with E-state index in [-0.39, 0.29) is 16.3 Å². The van der Waals surface area contributed by atoms with Crippen LogP contribution in [0.1, 0.15) is 20.8 Å². The van der Waals surface area contributed by atoms with Gasteiger partial charge in [-0.2, -0.15) is 8.78 Å². The zero-order chi connectivity index (χ0) is 30.5. The average Bonchev–Trinajstić information content (AvgIpc) is 3.47. The molecule has 6 nitrogen and oxygen atoms in total. The van der Waals surface area contributed by atoms with E-state index in [9.17, 15) is 31.9 Å². The van der Waals surface area contributed by atoms with Crippen LogP contribution in [0.2, 0.25) is 0 Å². The second-order valence-corrected chi connectivity index (χ2v) is 10.8. The average molecular weight is 643 g/mol. The Hall–Kier alpha value is -2.79. The molecule has 0 heterocycles. The van der Waals surface area contributed by atoms with Crippen molar-refractivity contribution in [2.75, 3.05) is 10.6 Å². The van der Waals surface area contributed by atoms with Gasteiger partial charge in [0.25, 0.3) is 11.8 Å². The number of halogens is 8. The summed E-state index contributed by atoms with van der Waals surface area (Å²) in [6.07, 6.45) is 2.29. The normalized spacial score (nSPS) is 19.3. The number of rotatable bonds is 10. The highest BCUT2D eigenvalue weighted by atomic mass is 35.5. The number of alkyl halides is 4. The van der Waals surface area contributed by atoms with Crippen molar-refractivity contribution in [1.82, 2.24) is 5.32 Å². The van der Waals surface area contributed by atoms with Crippen molar-refractivity contribution in [1.29, 1.82) is 0 Å². The number of allylic oxidation sites excluding steroid dienone is 6. The summed E-state index contributed by atoms with van der Waals surface area (Å²) in [6, 6.07) is 1.45. The molecular formula is C26H23Cl4F4N3O3. The first kappa shape index (κ1) is 33.4. The van der Waals surface area contributed by atoms with E-state index in [1.807, 2.05) is 0 Å². The van der Waals surface area contributed by atoms with E-state index < -0.39 is 63.3 Å². The Labute approximate surface area is 247 Å². The van der Waals surface area contributed by atoms with Crippen molar-refractivity contribution < 1.29 is 31.9 Å². The van der Waals surface area contributed by atoms with E-state index in [1.54, 1.807) is 26.0 Å². The summed E-state index contributed by atoms with van der Waals surface area (Å²) in [4.78, 5) is 37.1. The van der Waals surface area contributed by atoms with Gasteiger partial charge in [-0.15, -0.1) is 23.2 Å². The molecule has 1 aromatic rings. The van der Waals surface area contributed by atoms with Crippen LogP contribution in [0, 0.1) is 23.5 Å². The molecule has 2 unspecified atom stereocenters. The van der Waals surface area contributed by atoms with Gasteiger partial charge in [0.05, 0.1) is 17.2 Å². The molecule has 1 aliphatic carbocycles. The number of nitrogens with one attached hydrogen (secondary N) is 3. The molecule has 0 aliphatic heterocycles. The maximum atomic E-state index is 14.8. The van der Waals surface area contributed by atoms with Gasteiger partial charge in [-0.3, -0.25) is 14.4 Å². The lowest BCUT2D eigenvalue weighted by Gasteiger charge is -2.13. The second-order valence-electron chi connectivity index (χ2n) is 8.42. The van der Waals surface area contributed by atoms with E-state index >= 15 is 0 Å². The van der Waals surface area contributed by atoms with E-state index in [2.05, 4.69) is 17.2 Å². The minimum absolute atomic E-state index is 0.0734. The van der Waals surface area contributed by atoms with E-state index in [0.717, 1.165) is 12.1 Å². The summed E-state index contributed by atoms with van der Waals surface area (Å²) in [6.45, 7) is 8.46. The molecule has 40 heavy (non-hydrogen) atoms. The number of amides is 3. The molecule has 1 saturated carbocycles. The highest BCUT2D eigenvalue weighted by molar-refractivity contribution is 6.53. The predicted molar refractivity (Wildman–Crippen MR) is 149 cm³/mol. The van der Waals surface area contributed by atoms with Gasteiger partial charge in [0.1, 0.15) is 15.8 Å². The molecule has 2 rings (SSSR count). The molecule has 0 bridgehead atoms. The molecule has 3 N–H and O–H groups in total. The van der Waals surface area contributed by atoms with Crippen LogP contribution in [0.25, 0.3) is 0 Å². The summed E-state index contributed by atoms with van der Waals surface area (Å²) in [5.41, 5.74) is -1.45. The van der Waals surface area contributed by atoms with E-state index in [4.69, 9.17) is 46.4 Å². The van der Waals surface area contributed by atoms with Crippen molar-refractivity contribution >= 4 is 75.5 Å². The Kier molecular flexibility index (Phi) is 11.5. The molecule has 2 atom stereocenters. The summed E-state index contributed by atoms with van der Waals surface area (Å²) < 4.78 is 52.4. The smallest absolute Gasteiger partial charge is 0.315 e. The highest BCUT2D eigenvalue weighted by Crippen LogP contribution is 2.62. The molecule has 1 aliphatic rings. The van der Waals surface area contributed by atoms with Gasteiger partial charge in [0.2, 0.25) is 5.91 Å². The predicted octanol–water partition coefficient (Wildman–Crippen LogP) is 7.31. The van der Waals surface area contributed by atoms with Gasteiger partial charge in [0, 0.05) is 21.7 Å². The molecule has 3 amide bonds. The van der Waals surface area contributed by atoms with Crippen LogP contribution < -0.4 is 16.0 Å². The number of hydrogen-bond donors (Lipinski definition) is 3. The lowest BCUT2D eigenvalue weighted by molar-refractivity contribution is -0.126.